The number of hydrogen-bond donors (Lipinski definition) is 0. The lowest BCUT2D eigenvalue weighted by molar-refractivity contribution is -0.131. The molecule has 0 radical (unpaired) electrons. The molecule has 2 rings (SSSR count). The van der Waals surface area contributed by atoms with Gasteiger partial charge in [0.15, 0.2) is 0 Å². The first-order valence-electron chi connectivity index (χ1n) is 6.40. The maximum Gasteiger partial charge on any atom is 0.222 e. The molecule has 4 heteroatoms. The lowest BCUT2D eigenvalue weighted by Crippen LogP contribution is -2.48. The molecule has 18 heavy (non-hydrogen) atoms. The molecule has 0 spiro atoms. The molecule has 1 saturated heterocycles. The smallest absolute Gasteiger partial charge is 0.222 e. The Morgan fingerprint density at radius 2 is 1.94 bits per heavy atom. The minimum Gasteiger partial charge on any atom is -0.368 e. The van der Waals surface area contributed by atoms with Crippen LogP contribution in [0.4, 0.5) is 5.69 Å². The Kier molecular flexibility index (Phi) is 4.27. The van der Waals surface area contributed by atoms with E-state index < -0.39 is 0 Å². The first kappa shape index (κ1) is 13.4. The third-order valence-corrected chi connectivity index (χ3v) is 3.93. The molecule has 1 aliphatic heterocycles. The van der Waals surface area contributed by atoms with E-state index in [4.69, 9.17) is 0 Å². The summed E-state index contributed by atoms with van der Waals surface area (Å²) in [4.78, 5) is 15.9. The van der Waals surface area contributed by atoms with Crippen LogP contribution in [-0.2, 0) is 4.79 Å². The van der Waals surface area contributed by atoms with E-state index in [1.807, 2.05) is 11.8 Å². The number of halogens is 1. The van der Waals surface area contributed by atoms with Crippen LogP contribution in [0.1, 0.15) is 18.9 Å². The molecule has 98 valence electrons. The van der Waals surface area contributed by atoms with Gasteiger partial charge in [0.2, 0.25) is 5.91 Å². The predicted molar refractivity (Wildman–Crippen MR) is 78.0 cm³/mol. The molecule has 0 bridgehead atoms. The van der Waals surface area contributed by atoms with Gasteiger partial charge in [-0.3, -0.25) is 4.79 Å². The van der Waals surface area contributed by atoms with E-state index in [1.165, 1.54) is 11.3 Å². The lowest BCUT2D eigenvalue weighted by Gasteiger charge is -2.36. The fourth-order valence-corrected chi connectivity index (χ4v) is 2.87. The number of amides is 1. The average Bonchev–Trinajstić information content (AvgIpc) is 2.38. The quantitative estimate of drug-likeness (QED) is 0.838. The second-order valence-electron chi connectivity index (χ2n) is 4.65. The van der Waals surface area contributed by atoms with Crippen LogP contribution in [0.25, 0.3) is 0 Å². The van der Waals surface area contributed by atoms with Gasteiger partial charge in [0.05, 0.1) is 0 Å². The lowest BCUT2D eigenvalue weighted by atomic mass is 10.1. The largest absolute Gasteiger partial charge is 0.368 e. The summed E-state index contributed by atoms with van der Waals surface area (Å²) in [5.74, 6) is 0.266. The Balaban J connectivity index is 2.03. The first-order valence-corrected chi connectivity index (χ1v) is 7.20. The Morgan fingerprint density at radius 3 is 2.50 bits per heavy atom. The second-order valence-corrected chi connectivity index (χ2v) is 5.57. The number of hydrogen-bond acceptors (Lipinski definition) is 2. The summed E-state index contributed by atoms with van der Waals surface area (Å²) in [5.41, 5.74) is 2.56. The van der Waals surface area contributed by atoms with Crippen LogP contribution >= 0.6 is 15.9 Å². The van der Waals surface area contributed by atoms with Crippen molar-refractivity contribution in [3.63, 3.8) is 0 Å². The summed E-state index contributed by atoms with van der Waals surface area (Å²) in [5, 5.41) is 0. The van der Waals surface area contributed by atoms with Crippen molar-refractivity contribution in [2.24, 2.45) is 0 Å². The van der Waals surface area contributed by atoms with E-state index in [0.29, 0.717) is 6.42 Å². The Hall–Kier alpha value is -1.03. The van der Waals surface area contributed by atoms with Crippen LogP contribution in [0.5, 0.6) is 0 Å². The van der Waals surface area contributed by atoms with E-state index in [1.54, 1.807) is 0 Å². The number of anilines is 1. The molecule has 1 aliphatic rings. The Bertz CT molecular complexity index is 439. The zero-order chi connectivity index (χ0) is 13.1. The fourth-order valence-electron chi connectivity index (χ4n) is 2.39. The maximum atomic E-state index is 11.6. The molecule has 0 atom stereocenters. The molecular weight excluding hydrogens is 292 g/mol. The van der Waals surface area contributed by atoms with Crippen molar-refractivity contribution in [2.45, 2.75) is 20.3 Å². The van der Waals surface area contributed by atoms with Crippen molar-refractivity contribution in [3.05, 3.63) is 28.2 Å². The van der Waals surface area contributed by atoms with Gasteiger partial charge in [-0.05, 0) is 30.7 Å². The van der Waals surface area contributed by atoms with Gasteiger partial charge in [-0.1, -0.05) is 22.9 Å². The van der Waals surface area contributed by atoms with Crippen molar-refractivity contribution in [1.82, 2.24) is 4.90 Å². The van der Waals surface area contributed by atoms with Crippen LogP contribution in [0.3, 0.4) is 0 Å². The van der Waals surface area contributed by atoms with Gasteiger partial charge in [-0.15, -0.1) is 0 Å². The highest BCUT2D eigenvalue weighted by molar-refractivity contribution is 9.10. The normalized spacial score (nSPS) is 15.9. The van der Waals surface area contributed by atoms with Gasteiger partial charge in [0.25, 0.3) is 0 Å². The molecule has 1 heterocycles. The number of aryl methyl sites for hydroxylation is 1. The molecule has 0 aliphatic carbocycles. The minimum absolute atomic E-state index is 0.266. The third kappa shape index (κ3) is 2.86. The van der Waals surface area contributed by atoms with E-state index >= 15 is 0 Å². The van der Waals surface area contributed by atoms with Crippen LogP contribution in [0, 0.1) is 6.92 Å². The molecule has 0 unspecified atom stereocenters. The molecule has 0 saturated carbocycles. The van der Waals surface area contributed by atoms with Gasteiger partial charge in [0.1, 0.15) is 0 Å². The maximum absolute atomic E-state index is 11.6. The molecule has 1 aromatic rings. The molecule has 0 N–H and O–H groups in total. The summed E-state index contributed by atoms with van der Waals surface area (Å²) in [6, 6.07) is 6.36. The fraction of sp³-hybridized carbons (Fsp3) is 0.500. The van der Waals surface area contributed by atoms with Crippen LogP contribution in [-0.4, -0.2) is 37.0 Å². The first-order chi connectivity index (χ1) is 8.61. The van der Waals surface area contributed by atoms with Crippen LogP contribution in [0.15, 0.2) is 22.7 Å². The zero-order valence-corrected chi connectivity index (χ0v) is 12.5. The molecule has 0 aromatic heterocycles. The van der Waals surface area contributed by atoms with E-state index in [2.05, 4.69) is 46.0 Å². The van der Waals surface area contributed by atoms with Crippen molar-refractivity contribution < 1.29 is 4.79 Å². The van der Waals surface area contributed by atoms with Gasteiger partial charge < -0.3 is 9.80 Å². The van der Waals surface area contributed by atoms with Crippen molar-refractivity contribution in [1.29, 1.82) is 0 Å². The van der Waals surface area contributed by atoms with Gasteiger partial charge in [-0.2, -0.15) is 0 Å². The Labute approximate surface area is 117 Å². The number of piperazine rings is 1. The van der Waals surface area contributed by atoms with Crippen molar-refractivity contribution in [3.8, 4) is 0 Å². The molecule has 1 amide bonds. The summed E-state index contributed by atoms with van der Waals surface area (Å²) in [6.45, 7) is 7.57. The topological polar surface area (TPSA) is 23.6 Å². The minimum atomic E-state index is 0.266. The van der Waals surface area contributed by atoms with Gasteiger partial charge in [0, 0.05) is 42.8 Å². The number of benzene rings is 1. The molecule has 1 fully saturated rings. The predicted octanol–water partition coefficient (Wildman–Crippen LogP) is 2.82. The molecule has 3 nitrogen and oxygen atoms in total. The summed E-state index contributed by atoms with van der Waals surface area (Å²) >= 11 is 3.49. The molecule has 1 aromatic carbocycles. The highest BCUT2D eigenvalue weighted by atomic mass is 79.9. The SMILES string of the molecule is CCC(=O)N1CCN(c2ccc(Br)cc2C)CC1. The highest BCUT2D eigenvalue weighted by Crippen LogP contribution is 2.24. The number of carbonyl (C=O) groups is 1. The number of nitrogens with zero attached hydrogens (tertiary/aromatic N) is 2. The van der Waals surface area contributed by atoms with Crippen molar-refractivity contribution >= 4 is 27.5 Å². The van der Waals surface area contributed by atoms with Crippen molar-refractivity contribution in [2.75, 3.05) is 31.1 Å². The van der Waals surface area contributed by atoms with Gasteiger partial charge in [-0.25, -0.2) is 0 Å². The summed E-state index contributed by atoms with van der Waals surface area (Å²) in [7, 11) is 0. The summed E-state index contributed by atoms with van der Waals surface area (Å²) < 4.78 is 1.11. The van der Waals surface area contributed by atoms with E-state index in [-0.39, 0.29) is 5.91 Å². The van der Waals surface area contributed by atoms with E-state index in [0.717, 1.165) is 30.7 Å². The van der Waals surface area contributed by atoms with E-state index in [9.17, 15) is 4.79 Å². The van der Waals surface area contributed by atoms with Crippen LogP contribution < -0.4 is 4.90 Å². The number of carbonyl (C=O) groups excluding carboxylic acids is 1. The van der Waals surface area contributed by atoms with Crippen LogP contribution in [0.2, 0.25) is 0 Å². The third-order valence-electron chi connectivity index (χ3n) is 3.43. The Morgan fingerprint density at radius 1 is 1.28 bits per heavy atom. The monoisotopic (exact) mass is 310 g/mol. The average molecular weight is 311 g/mol. The van der Waals surface area contributed by atoms with Gasteiger partial charge >= 0.3 is 0 Å². The summed E-state index contributed by atoms with van der Waals surface area (Å²) in [6.07, 6.45) is 0.608. The second kappa shape index (κ2) is 5.74. The standard InChI is InChI=1S/C14H19BrN2O/c1-3-14(18)17-8-6-16(7-9-17)13-5-4-12(15)10-11(13)2/h4-5,10H,3,6-9H2,1-2H3. The highest BCUT2D eigenvalue weighted by Gasteiger charge is 2.20. The molecular formula is C14H19BrN2O. The zero-order valence-electron chi connectivity index (χ0n) is 10.9. The number of rotatable bonds is 2.